The van der Waals surface area contributed by atoms with Crippen molar-refractivity contribution in [2.24, 2.45) is 0 Å². The smallest absolute Gasteiger partial charge is 0.245 e. The first-order valence-electron chi connectivity index (χ1n) is 10.7. The number of allylic oxidation sites excluding steroid dienone is 1. The molecule has 0 fully saturated rings. The average molecular weight is 477 g/mol. The van der Waals surface area contributed by atoms with E-state index in [0.29, 0.717) is 6.54 Å². The van der Waals surface area contributed by atoms with E-state index in [0.717, 1.165) is 24.8 Å². The van der Waals surface area contributed by atoms with Crippen LogP contribution >= 0.6 is 11.6 Å². The van der Waals surface area contributed by atoms with Gasteiger partial charge < -0.3 is 10.1 Å². The number of halogens is 1. The summed E-state index contributed by atoms with van der Waals surface area (Å²) < 4.78 is 34.1. The maximum Gasteiger partial charge on any atom is 0.245 e. The van der Waals surface area contributed by atoms with E-state index in [4.69, 9.17) is 16.3 Å². The Morgan fingerprint density at radius 2 is 1.94 bits per heavy atom. The number of benzene rings is 2. The van der Waals surface area contributed by atoms with E-state index in [1.54, 1.807) is 6.07 Å². The minimum Gasteiger partial charge on any atom is -0.495 e. The number of carbonyl (C=O) groups is 1. The van der Waals surface area contributed by atoms with Crippen molar-refractivity contribution in [3.05, 3.63) is 70.8 Å². The molecular weight excluding hydrogens is 448 g/mol. The van der Waals surface area contributed by atoms with Gasteiger partial charge in [0.25, 0.3) is 0 Å². The third kappa shape index (κ3) is 6.82. The summed E-state index contributed by atoms with van der Waals surface area (Å²) in [5, 5.41) is 3.16. The first-order chi connectivity index (χ1) is 15.4. The van der Waals surface area contributed by atoms with Crippen molar-refractivity contribution in [3.8, 4) is 5.75 Å². The lowest BCUT2D eigenvalue weighted by Gasteiger charge is -2.20. The highest BCUT2D eigenvalue weighted by Gasteiger charge is 2.28. The van der Waals surface area contributed by atoms with Gasteiger partial charge in [-0.15, -0.1) is 0 Å². The molecule has 32 heavy (non-hydrogen) atoms. The summed E-state index contributed by atoms with van der Waals surface area (Å²) in [6.45, 7) is 0.470. The highest BCUT2D eigenvalue weighted by atomic mass is 35.5. The Morgan fingerprint density at radius 3 is 2.62 bits per heavy atom. The molecule has 172 valence electrons. The van der Waals surface area contributed by atoms with Gasteiger partial charge in [-0.1, -0.05) is 53.6 Å². The Hall–Kier alpha value is -2.35. The molecule has 2 N–H and O–H groups in total. The third-order valence-corrected chi connectivity index (χ3v) is 7.17. The lowest BCUT2D eigenvalue weighted by Crippen LogP contribution is -2.48. The maximum atomic E-state index is 13.2. The van der Waals surface area contributed by atoms with Gasteiger partial charge in [0, 0.05) is 11.6 Å². The van der Waals surface area contributed by atoms with Crippen molar-refractivity contribution in [3.63, 3.8) is 0 Å². The molecule has 0 bridgehead atoms. The van der Waals surface area contributed by atoms with Crippen LogP contribution in [0.3, 0.4) is 0 Å². The number of hydrogen-bond donors (Lipinski definition) is 2. The fourth-order valence-corrected chi connectivity index (χ4v) is 5.38. The van der Waals surface area contributed by atoms with Crippen LogP contribution in [0.5, 0.6) is 5.75 Å². The van der Waals surface area contributed by atoms with Gasteiger partial charge in [0.05, 0.1) is 7.11 Å². The summed E-state index contributed by atoms with van der Waals surface area (Å²) in [7, 11) is -2.68. The van der Waals surface area contributed by atoms with Gasteiger partial charge >= 0.3 is 0 Å². The van der Waals surface area contributed by atoms with Gasteiger partial charge in [-0.05, 0) is 62.3 Å². The molecule has 1 unspecified atom stereocenters. The molecular formula is C24H29ClN2O4S. The number of ether oxygens (including phenoxy) is 1. The number of hydrogen-bond acceptors (Lipinski definition) is 4. The predicted molar refractivity (Wildman–Crippen MR) is 126 cm³/mol. The number of rotatable bonds is 10. The summed E-state index contributed by atoms with van der Waals surface area (Å²) in [6.07, 6.45) is 7.77. The molecule has 0 radical (unpaired) electrons. The van der Waals surface area contributed by atoms with Gasteiger partial charge in [0.15, 0.2) is 0 Å². The van der Waals surface area contributed by atoms with Crippen LogP contribution in [0.1, 0.15) is 37.7 Å². The summed E-state index contributed by atoms with van der Waals surface area (Å²) in [6, 6.07) is 12.7. The Morgan fingerprint density at radius 1 is 1.16 bits per heavy atom. The molecule has 0 saturated heterocycles. The molecule has 0 saturated carbocycles. The summed E-state index contributed by atoms with van der Waals surface area (Å²) >= 11 is 6.02. The van der Waals surface area contributed by atoms with Crippen molar-refractivity contribution < 1.29 is 17.9 Å². The molecule has 1 amide bonds. The molecule has 1 aliphatic rings. The summed E-state index contributed by atoms with van der Waals surface area (Å²) in [5.41, 5.74) is 2.20. The van der Waals surface area contributed by atoms with Crippen molar-refractivity contribution in [2.45, 2.75) is 49.5 Å². The standard InChI is InChI=1S/C24H29ClN2O4S/c1-31-22-13-12-20(25)17-23(22)32(29,30)27-21(16-19-10-6-3-7-11-19)24(28)26-15-14-18-8-4-2-5-9-18/h3,6-8,10-13,17,21,27H,2,4-5,9,14-16H2,1H3,(H,26,28). The molecule has 0 spiro atoms. The molecule has 8 heteroatoms. The van der Waals surface area contributed by atoms with E-state index in [1.807, 2.05) is 30.3 Å². The second kappa shape index (κ2) is 11.5. The average Bonchev–Trinajstić information content (AvgIpc) is 2.80. The van der Waals surface area contributed by atoms with Crippen LogP contribution < -0.4 is 14.8 Å². The van der Waals surface area contributed by atoms with Crippen molar-refractivity contribution >= 4 is 27.5 Å². The summed E-state index contributed by atoms with van der Waals surface area (Å²) in [4.78, 5) is 12.9. The van der Waals surface area contributed by atoms with Gasteiger partial charge in [0.1, 0.15) is 16.7 Å². The lowest BCUT2D eigenvalue weighted by molar-refractivity contribution is -0.122. The zero-order valence-electron chi connectivity index (χ0n) is 18.1. The van der Waals surface area contributed by atoms with Crippen LogP contribution in [-0.2, 0) is 21.2 Å². The van der Waals surface area contributed by atoms with Crippen LogP contribution in [-0.4, -0.2) is 34.0 Å². The third-order valence-electron chi connectivity index (χ3n) is 5.44. The number of nitrogens with one attached hydrogen (secondary N) is 2. The lowest BCUT2D eigenvalue weighted by atomic mass is 9.97. The molecule has 2 aromatic carbocycles. The van der Waals surface area contributed by atoms with Crippen molar-refractivity contribution in [1.82, 2.24) is 10.0 Å². The first-order valence-corrected chi connectivity index (χ1v) is 12.6. The molecule has 0 heterocycles. The van der Waals surface area contributed by atoms with Crippen molar-refractivity contribution in [2.75, 3.05) is 13.7 Å². The number of carbonyl (C=O) groups excluding carboxylic acids is 1. The predicted octanol–water partition coefficient (Wildman–Crippen LogP) is 4.24. The summed E-state index contributed by atoms with van der Waals surface area (Å²) in [5.74, 6) is -0.208. The minimum absolute atomic E-state index is 0.106. The Bertz CT molecular complexity index is 1050. The van der Waals surface area contributed by atoms with Crippen LogP contribution in [0.25, 0.3) is 0 Å². The number of amides is 1. The number of methoxy groups -OCH3 is 1. The van der Waals surface area contributed by atoms with E-state index >= 15 is 0 Å². The van der Waals surface area contributed by atoms with Crippen LogP contribution in [0, 0.1) is 0 Å². The SMILES string of the molecule is COc1ccc(Cl)cc1S(=O)(=O)NC(Cc1ccccc1)C(=O)NCCC1=CCCCC1. The monoisotopic (exact) mass is 476 g/mol. The number of sulfonamides is 1. The van der Waals surface area contributed by atoms with E-state index in [-0.39, 0.29) is 28.0 Å². The maximum absolute atomic E-state index is 13.2. The van der Waals surface area contributed by atoms with E-state index < -0.39 is 16.1 Å². The molecule has 0 aliphatic heterocycles. The van der Waals surface area contributed by atoms with Crippen LogP contribution in [0.2, 0.25) is 5.02 Å². The molecule has 3 rings (SSSR count). The van der Waals surface area contributed by atoms with E-state index in [1.165, 1.54) is 37.7 Å². The minimum atomic E-state index is -4.07. The van der Waals surface area contributed by atoms with E-state index in [2.05, 4.69) is 16.1 Å². The largest absolute Gasteiger partial charge is 0.495 e. The molecule has 0 aromatic heterocycles. The van der Waals surface area contributed by atoms with Crippen LogP contribution in [0.15, 0.2) is 65.1 Å². The second-order valence-electron chi connectivity index (χ2n) is 7.81. The normalized spacial score (nSPS) is 15.0. The quantitative estimate of drug-likeness (QED) is 0.502. The zero-order chi connectivity index (χ0) is 23.0. The Balaban J connectivity index is 1.76. The highest BCUT2D eigenvalue weighted by molar-refractivity contribution is 7.89. The Labute approximate surface area is 195 Å². The fraction of sp³-hybridized carbons (Fsp3) is 0.375. The second-order valence-corrected chi connectivity index (χ2v) is 9.93. The van der Waals surface area contributed by atoms with Gasteiger partial charge in [0.2, 0.25) is 15.9 Å². The highest BCUT2D eigenvalue weighted by Crippen LogP contribution is 2.27. The fourth-order valence-electron chi connectivity index (χ4n) is 3.75. The topological polar surface area (TPSA) is 84.5 Å². The molecule has 1 aliphatic carbocycles. The zero-order valence-corrected chi connectivity index (χ0v) is 19.7. The molecule has 2 aromatic rings. The van der Waals surface area contributed by atoms with Gasteiger partial charge in [-0.3, -0.25) is 4.79 Å². The van der Waals surface area contributed by atoms with Crippen LogP contribution in [0.4, 0.5) is 0 Å². The van der Waals surface area contributed by atoms with Gasteiger partial charge in [-0.2, -0.15) is 4.72 Å². The first kappa shape index (κ1) is 24.3. The van der Waals surface area contributed by atoms with Crippen molar-refractivity contribution in [1.29, 1.82) is 0 Å². The van der Waals surface area contributed by atoms with Gasteiger partial charge in [-0.25, -0.2) is 8.42 Å². The Kier molecular flexibility index (Phi) is 8.73. The molecule has 6 nitrogen and oxygen atoms in total. The molecule has 1 atom stereocenters. The van der Waals surface area contributed by atoms with E-state index in [9.17, 15) is 13.2 Å².